The van der Waals surface area contributed by atoms with E-state index in [1.807, 2.05) is 11.9 Å². The van der Waals surface area contributed by atoms with E-state index in [2.05, 4.69) is 4.98 Å². The highest BCUT2D eigenvalue weighted by atomic mass is 16.6. The Bertz CT molecular complexity index is 535. The highest BCUT2D eigenvalue weighted by molar-refractivity contribution is 5.51. The Morgan fingerprint density at radius 1 is 1.55 bits per heavy atom. The van der Waals surface area contributed by atoms with E-state index in [0.717, 1.165) is 32.6 Å². The van der Waals surface area contributed by atoms with Crippen LogP contribution < -0.4 is 4.90 Å². The van der Waals surface area contributed by atoms with Gasteiger partial charge in [0.2, 0.25) is 5.69 Å². The molecule has 1 aromatic rings. The van der Waals surface area contributed by atoms with Crippen LogP contribution in [0.5, 0.6) is 0 Å². The quantitative estimate of drug-likeness (QED) is 0.614. The van der Waals surface area contributed by atoms with Gasteiger partial charge in [0.25, 0.3) is 0 Å². The van der Waals surface area contributed by atoms with Crippen molar-refractivity contribution in [2.24, 2.45) is 5.92 Å². The van der Waals surface area contributed by atoms with E-state index in [1.54, 1.807) is 12.1 Å². The van der Waals surface area contributed by atoms with Crippen molar-refractivity contribution in [2.45, 2.75) is 12.8 Å². The summed E-state index contributed by atoms with van der Waals surface area (Å²) in [5.74, 6) is 1.11. The van der Waals surface area contributed by atoms with Crippen LogP contribution in [0.3, 0.4) is 0 Å². The van der Waals surface area contributed by atoms with Crippen molar-refractivity contribution in [3.8, 4) is 6.07 Å². The van der Waals surface area contributed by atoms with Crippen LogP contribution in [-0.2, 0) is 4.74 Å². The monoisotopic (exact) mass is 276 g/mol. The van der Waals surface area contributed by atoms with Crippen molar-refractivity contribution in [3.05, 3.63) is 27.9 Å². The molecule has 1 aromatic heterocycles. The SMILES string of the molecule is CN(CC1CCOCC1)c1ccc([N+](=O)[O-])c(C#N)n1. The predicted molar refractivity (Wildman–Crippen MR) is 72.4 cm³/mol. The summed E-state index contributed by atoms with van der Waals surface area (Å²) in [4.78, 5) is 16.2. The lowest BCUT2D eigenvalue weighted by atomic mass is 10.00. The van der Waals surface area contributed by atoms with Crippen LogP contribution in [0.4, 0.5) is 11.5 Å². The lowest BCUT2D eigenvalue weighted by Crippen LogP contribution is -2.30. The molecule has 0 atom stereocenters. The number of anilines is 1. The summed E-state index contributed by atoms with van der Waals surface area (Å²) in [5, 5.41) is 19.7. The van der Waals surface area contributed by atoms with Gasteiger partial charge >= 0.3 is 5.69 Å². The average molecular weight is 276 g/mol. The minimum Gasteiger partial charge on any atom is -0.381 e. The van der Waals surface area contributed by atoms with E-state index in [4.69, 9.17) is 10.00 Å². The summed E-state index contributed by atoms with van der Waals surface area (Å²) in [6.07, 6.45) is 2.00. The van der Waals surface area contributed by atoms with Gasteiger partial charge in [-0.15, -0.1) is 0 Å². The van der Waals surface area contributed by atoms with Gasteiger partial charge in [-0.2, -0.15) is 5.26 Å². The minimum absolute atomic E-state index is 0.147. The summed E-state index contributed by atoms with van der Waals surface area (Å²) in [7, 11) is 1.88. The number of pyridine rings is 1. The van der Waals surface area contributed by atoms with Crippen molar-refractivity contribution < 1.29 is 9.66 Å². The molecule has 0 bridgehead atoms. The van der Waals surface area contributed by atoms with Crippen molar-refractivity contribution in [1.82, 2.24) is 4.98 Å². The van der Waals surface area contributed by atoms with Gasteiger partial charge in [-0.1, -0.05) is 0 Å². The van der Waals surface area contributed by atoms with E-state index in [9.17, 15) is 10.1 Å². The maximum atomic E-state index is 10.8. The first-order valence-electron chi connectivity index (χ1n) is 6.46. The number of hydrogen-bond acceptors (Lipinski definition) is 6. The second-order valence-electron chi connectivity index (χ2n) is 4.84. The zero-order valence-electron chi connectivity index (χ0n) is 11.3. The van der Waals surface area contributed by atoms with Crippen molar-refractivity contribution in [3.63, 3.8) is 0 Å². The van der Waals surface area contributed by atoms with Gasteiger partial charge in [0.15, 0.2) is 0 Å². The van der Waals surface area contributed by atoms with E-state index < -0.39 is 4.92 Å². The third-order valence-corrected chi connectivity index (χ3v) is 3.43. The van der Waals surface area contributed by atoms with Gasteiger partial charge in [0.05, 0.1) is 4.92 Å². The summed E-state index contributed by atoms with van der Waals surface area (Å²) in [6.45, 7) is 2.35. The lowest BCUT2D eigenvalue weighted by molar-refractivity contribution is -0.385. The smallest absolute Gasteiger partial charge is 0.305 e. The number of aromatic nitrogens is 1. The van der Waals surface area contributed by atoms with Gasteiger partial charge in [0.1, 0.15) is 11.9 Å². The van der Waals surface area contributed by atoms with Crippen LogP contribution >= 0.6 is 0 Å². The predicted octanol–water partition coefficient (Wildman–Crippen LogP) is 1.72. The van der Waals surface area contributed by atoms with Crippen LogP contribution in [-0.4, -0.2) is 36.7 Å². The van der Waals surface area contributed by atoms with Crippen LogP contribution in [0, 0.1) is 27.4 Å². The summed E-state index contributed by atoms with van der Waals surface area (Å²) >= 11 is 0. The largest absolute Gasteiger partial charge is 0.381 e. The van der Waals surface area contributed by atoms with E-state index in [-0.39, 0.29) is 11.4 Å². The molecule has 0 unspecified atom stereocenters. The Balaban J connectivity index is 2.11. The molecular formula is C13H16N4O3. The summed E-state index contributed by atoms with van der Waals surface area (Å²) in [5.41, 5.74) is -0.401. The topological polar surface area (TPSA) is 92.3 Å². The fourth-order valence-corrected chi connectivity index (χ4v) is 2.29. The molecule has 0 spiro atoms. The van der Waals surface area contributed by atoms with Crippen LogP contribution in [0.2, 0.25) is 0 Å². The molecule has 7 nitrogen and oxygen atoms in total. The standard InChI is InChI=1S/C13H16N4O3/c1-16(9-10-4-6-20-7-5-10)13-3-2-12(17(18)19)11(8-14)15-13/h2-3,10H,4-7,9H2,1H3. The molecule has 0 N–H and O–H groups in total. The average Bonchev–Trinajstić information content (AvgIpc) is 2.47. The summed E-state index contributed by atoms with van der Waals surface area (Å²) in [6, 6.07) is 4.69. The Labute approximate surface area is 116 Å². The van der Waals surface area contributed by atoms with E-state index in [1.165, 1.54) is 6.07 Å². The number of rotatable bonds is 4. The molecule has 1 fully saturated rings. The summed E-state index contributed by atoms with van der Waals surface area (Å²) < 4.78 is 5.31. The number of nitriles is 1. The van der Waals surface area contributed by atoms with Gasteiger partial charge in [0, 0.05) is 32.9 Å². The van der Waals surface area contributed by atoms with Gasteiger partial charge in [-0.05, 0) is 24.8 Å². The first-order chi connectivity index (χ1) is 9.61. The van der Waals surface area contributed by atoms with Crippen LogP contribution in [0.15, 0.2) is 12.1 Å². The van der Waals surface area contributed by atoms with E-state index in [0.29, 0.717) is 11.7 Å². The molecule has 1 aliphatic heterocycles. The van der Waals surface area contributed by atoms with E-state index >= 15 is 0 Å². The molecule has 20 heavy (non-hydrogen) atoms. The Hall–Kier alpha value is -2.20. The molecule has 106 valence electrons. The third kappa shape index (κ3) is 3.22. The van der Waals surface area contributed by atoms with Crippen molar-refractivity contribution in [2.75, 3.05) is 31.7 Å². The second kappa shape index (κ2) is 6.30. The van der Waals surface area contributed by atoms with Gasteiger partial charge in [-0.25, -0.2) is 4.98 Å². The zero-order chi connectivity index (χ0) is 14.5. The van der Waals surface area contributed by atoms with Crippen molar-refractivity contribution in [1.29, 1.82) is 5.26 Å². The highest BCUT2D eigenvalue weighted by Crippen LogP contribution is 2.22. The molecule has 7 heteroatoms. The van der Waals surface area contributed by atoms with Gasteiger partial charge < -0.3 is 9.64 Å². The fraction of sp³-hybridized carbons (Fsp3) is 0.538. The molecule has 0 aromatic carbocycles. The minimum atomic E-state index is -0.589. The number of nitrogens with zero attached hydrogens (tertiary/aromatic N) is 4. The maximum absolute atomic E-state index is 10.8. The Morgan fingerprint density at radius 3 is 2.85 bits per heavy atom. The first kappa shape index (κ1) is 14.2. The molecule has 0 amide bonds. The number of hydrogen-bond donors (Lipinski definition) is 0. The lowest BCUT2D eigenvalue weighted by Gasteiger charge is -2.27. The van der Waals surface area contributed by atoms with Crippen LogP contribution in [0.1, 0.15) is 18.5 Å². The molecule has 1 saturated heterocycles. The molecule has 0 saturated carbocycles. The molecule has 0 radical (unpaired) electrons. The van der Waals surface area contributed by atoms with Crippen LogP contribution in [0.25, 0.3) is 0 Å². The molecular weight excluding hydrogens is 260 g/mol. The maximum Gasteiger partial charge on any atom is 0.305 e. The third-order valence-electron chi connectivity index (χ3n) is 3.43. The molecule has 2 heterocycles. The second-order valence-corrected chi connectivity index (χ2v) is 4.84. The fourth-order valence-electron chi connectivity index (χ4n) is 2.29. The van der Waals surface area contributed by atoms with Crippen molar-refractivity contribution >= 4 is 11.5 Å². The Morgan fingerprint density at radius 2 is 2.25 bits per heavy atom. The number of nitro groups is 1. The Kier molecular flexibility index (Phi) is 4.48. The molecule has 1 aliphatic rings. The number of ether oxygens (including phenoxy) is 1. The molecule has 2 rings (SSSR count). The molecule has 0 aliphatic carbocycles. The zero-order valence-corrected chi connectivity index (χ0v) is 11.3. The highest BCUT2D eigenvalue weighted by Gasteiger charge is 2.19. The van der Waals surface area contributed by atoms with Gasteiger partial charge in [-0.3, -0.25) is 10.1 Å². The first-order valence-corrected chi connectivity index (χ1v) is 6.46. The normalized spacial score (nSPS) is 15.6.